The van der Waals surface area contributed by atoms with Crippen molar-refractivity contribution >= 4 is 23.4 Å². The lowest BCUT2D eigenvalue weighted by Gasteiger charge is -2.10. The van der Waals surface area contributed by atoms with E-state index in [-0.39, 0.29) is 12.1 Å². The number of unbranched alkanes of at least 4 members (excludes halogenated alkanes) is 20. The molecule has 0 radical (unpaired) electrons. The molecule has 0 aliphatic carbocycles. The van der Waals surface area contributed by atoms with Crippen LogP contribution in [0.15, 0.2) is 48.5 Å². The molecule has 4 N–H and O–H groups in total. The fourth-order valence-corrected chi connectivity index (χ4v) is 5.98. The SMILES string of the molecule is CCCCCCCCCCCCCCCCCCNC(=O)Nc1ccc(Cc2ccc(NC(=O)NCCCCCCCC)cc2)cc1. The third-order valence-corrected chi connectivity index (χ3v) is 8.96. The Morgan fingerprint density at radius 1 is 0.404 bits per heavy atom. The number of urea groups is 2. The molecule has 47 heavy (non-hydrogen) atoms. The first-order chi connectivity index (χ1) is 23.1. The van der Waals surface area contributed by atoms with E-state index in [1.54, 1.807) is 0 Å². The second kappa shape index (κ2) is 28.0. The third-order valence-electron chi connectivity index (χ3n) is 8.96. The molecule has 0 aromatic heterocycles. The number of nitrogens with one attached hydrogen (secondary N) is 4. The number of anilines is 2. The standard InChI is InChI=1S/C41H68N4O2/c1-3-5-7-9-11-12-13-14-15-16-17-18-19-20-22-24-34-43-41(47)45-39-31-27-37(28-32-39)35-36-25-29-38(30-26-36)44-40(46)42-33-23-21-10-8-6-4-2/h25-32H,3-24,33-35H2,1-2H3,(H2,42,44,46)(H2,43,45,47). The van der Waals surface area contributed by atoms with E-state index in [0.717, 1.165) is 30.6 Å². The Morgan fingerprint density at radius 2 is 0.681 bits per heavy atom. The lowest BCUT2D eigenvalue weighted by atomic mass is 10.0. The highest BCUT2D eigenvalue weighted by molar-refractivity contribution is 5.89. The maximum Gasteiger partial charge on any atom is 0.319 e. The monoisotopic (exact) mass is 649 g/mol. The molecule has 264 valence electrons. The van der Waals surface area contributed by atoms with Crippen molar-refractivity contribution < 1.29 is 9.59 Å². The molecule has 0 saturated carbocycles. The van der Waals surface area contributed by atoms with Crippen molar-refractivity contribution in [2.75, 3.05) is 23.7 Å². The van der Waals surface area contributed by atoms with E-state index in [4.69, 9.17) is 0 Å². The van der Waals surface area contributed by atoms with E-state index in [1.807, 2.05) is 48.5 Å². The van der Waals surface area contributed by atoms with E-state index in [2.05, 4.69) is 35.1 Å². The van der Waals surface area contributed by atoms with Crippen LogP contribution in [0.1, 0.15) is 166 Å². The van der Waals surface area contributed by atoms with Crippen molar-refractivity contribution in [3.8, 4) is 0 Å². The van der Waals surface area contributed by atoms with Gasteiger partial charge >= 0.3 is 12.1 Å². The van der Waals surface area contributed by atoms with Crippen molar-refractivity contribution in [1.29, 1.82) is 0 Å². The fourth-order valence-electron chi connectivity index (χ4n) is 5.98. The van der Waals surface area contributed by atoms with E-state index in [1.165, 1.54) is 140 Å². The Hall–Kier alpha value is -3.02. The van der Waals surface area contributed by atoms with Crippen LogP contribution in [0.3, 0.4) is 0 Å². The lowest BCUT2D eigenvalue weighted by Crippen LogP contribution is -2.29. The molecule has 0 bridgehead atoms. The minimum atomic E-state index is -0.150. The van der Waals surface area contributed by atoms with Gasteiger partial charge in [-0.2, -0.15) is 0 Å². The summed E-state index contributed by atoms with van der Waals surface area (Å²) in [5, 5.41) is 11.8. The molecule has 0 saturated heterocycles. The molecule has 6 nitrogen and oxygen atoms in total. The van der Waals surface area contributed by atoms with E-state index < -0.39 is 0 Å². The number of hydrogen-bond acceptors (Lipinski definition) is 2. The van der Waals surface area contributed by atoms with Gasteiger partial charge in [-0.3, -0.25) is 0 Å². The third kappa shape index (κ3) is 22.2. The zero-order valence-corrected chi connectivity index (χ0v) is 30.1. The van der Waals surface area contributed by atoms with Crippen molar-refractivity contribution in [2.24, 2.45) is 0 Å². The Labute approximate surface area is 288 Å². The predicted octanol–water partition coefficient (Wildman–Crippen LogP) is 12.1. The normalized spacial score (nSPS) is 10.9. The van der Waals surface area contributed by atoms with E-state index >= 15 is 0 Å². The van der Waals surface area contributed by atoms with Crippen LogP contribution in [0.2, 0.25) is 0 Å². The van der Waals surface area contributed by atoms with Gasteiger partial charge in [-0.25, -0.2) is 9.59 Å². The van der Waals surface area contributed by atoms with Gasteiger partial charge in [0.25, 0.3) is 0 Å². The molecule has 0 fully saturated rings. The molecule has 2 aromatic rings. The Bertz CT molecular complexity index is 1040. The molecule has 0 aliphatic heterocycles. The molecule has 0 atom stereocenters. The van der Waals surface area contributed by atoms with Crippen molar-refractivity contribution in [3.63, 3.8) is 0 Å². The minimum Gasteiger partial charge on any atom is -0.338 e. The van der Waals surface area contributed by atoms with Crippen LogP contribution in [-0.2, 0) is 6.42 Å². The smallest absolute Gasteiger partial charge is 0.319 e. The van der Waals surface area contributed by atoms with Gasteiger partial charge in [0.05, 0.1) is 0 Å². The fraction of sp³-hybridized carbons (Fsp3) is 0.659. The van der Waals surface area contributed by atoms with Gasteiger partial charge in [0.1, 0.15) is 0 Å². The molecular formula is C41H68N4O2. The summed E-state index contributed by atoms with van der Waals surface area (Å²) in [4.78, 5) is 24.5. The molecule has 0 unspecified atom stereocenters. The van der Waals surface area contributed by atoms with Gasteiger partial charge in [-0.15, -0.1) is 0 Å². The first kappa shape index (κ1) is 40.2. The van der Waals surface area contributed by atoms with Gasteiger partial charge in [0, 0.05) is 24.5 Å². The molecular weight excluding hydrogens is 580 g/mol. The number of carbonyl (C=O) groups is 2. The predicted molar refractivity (Wildman–Crippen MR) is 203 cm³/mol. The number of rotatable bonds is 28. The molecule has 0 spiro atoms. The maximum absolute atomic E-state index is 12.3. The van der Waals surface area contributed by atoms with Gasteiger partial charge in [0.2, 0.25) is 0 Å². The summed E-state index contributed by atoms with van der Waals surface area (Å²) in [5.74, 6) is 0. The number of hydrogen-bond donors (Lipinski definition) is 4. The molecule has 0 aliphatic rings. The zero-order valence-electron chi connectivity index (χ0n) is 30.1. The molecule has 2 rings (SSSR count). The van der Waals surface area contributed by atoms with Crippen LogP contribution >= 0.6 is 0 Å². The molecule has 2 aromatic carbocycles. The van der Waals surface area contributed by atoms with Crippen molar-refractivity contribution in [1.82, 2.24) is 10.6 Å². The van der Waals surface area contributed by atoms with Gasteiger partial charge in [-0.05, 0) is 54.7 Å². The van der Waals surface area contributed by atoms with Gasteiger partial charge in [0.15, 0.2) is 0 Å². The highest BCUT2D eigenvalue weighted by Gasteiger charge is 2.04. The molecule has 4 amide bonds. The topological polar surface area (TPSA) is 82.3 Å². The maximum atomic E-state index is 12.3. The van der Waals surface area contributed by atoms with Crippen molar-refractivity contribution in [3.05, 3.63) is 59.7 Å². The summed E-state index contributed by atoms with van der Waals surface area (Å²) in [6.07, 6.45) is 29.7. The summed E-state index contributed by atoms with van der Waals surface area (Å²) < 4.78 is 0. The average molecular weight is 649 g/mol. The highest BCUT2D eigenvalue weighted by atomic mass is 16.2. The Morgan fingerprint density at radius 3 is 0.979 bits per heavy atom. The van der Waals surface area contributed by atoms with E-state index in [0.29, 0.717) is 13.1 Å². The molecule has 0 heterocycles. The summed E-state index contributed by atoms with van der Waals surface area (Å²) in [6.45, 7) is 5.93. The number of benzene rings is 2. The van der Waals surface area contributed by atoms with E-state index in [9.17, 15) is 9.59 Å². The summed E-state index contributed by atoms with van der Waals surface area (Å²) >= 11 is 0. The first-order valence-corrected chi connectivity index (χ1v) is 19.4. The number of amides is 4. The molecule has 6 heteroatoms. The van der Waals surface area contributed by atoms with Crippen LogP contribution in [0, 0.1) is 0 Å². The summed E-state index contributed by atoms with van der Waals surface area (Å²) in [6, 6.07) is 15.7. The first-order valence-electron chi connectivity index (χ1n) is 19.4. The average Bonchev–Trinajstić information content (AvgIpc) is 3.07. The second-order valence-electron chi connectivity index (χ2n) is 13.4. The Balaban J connectivity index is 1.46. The van der Waals surface area contributed by atoms with Crippen LogP contribution in [0.25, 0.3) is 0 Å². The largest absolute Gasteiger partial charge is 0.338 e. The second-order valence-corrected chi connectivity index (χ2v) is 13.4. The number of carbonyl (C=O) groups excluding carboxylic acids is 2. The quantitative estimate of drug-likeness (QED) is 0.0692. The summed E-state index contributed by atoms with van der Waals surface area (Å²) in [5.41, 5.74) is 3.92. The zero-order chi connectivity index (χ0) is 33.6. The minimum absolute atomic E-state index is 0.141. The van der Waals surface area contributed by atoms with Crippen molar-refractivity contribution in [2.45, 2.75) is 162 Å². The van der Waals surface area contributed by atoms with Crippen LogP contribution in [0.4, 0.5) is 21.0 Å². The Kier molecular flexibility index (Phi) is 24.0. The highest BCUT2D eigenvalue weighted by Crippen LogP contribution is 2.17. The lowest BCUT2D eigenvalue weighted by molar-refractivity contribution is 0.251. The summed E-state index contributed by atoms with van der Waals surface area (Å²) in [7, 11) is 0. The van der Waals surface area contributed by atoms with Crippen LogP contribution in [0.5, 0.6) is 0 Å². The van der Waals surface area contributed by atoms with Gasteiger partial charge in [-0.1, -0.05) is 167 Å². The van der Waals surface area contributed by atoms with Gasteiger partial charge < -0.3 is 21.3 Å². The van der Waals surface area contributed by atoms with Crippen LogP contribution < -0.4 is 21.3 Å². The van der Waals surface area contributed by atoms with Crippen LogP contribution in [-0.4, -0.2) is 25.2 Å².